The van der Waals surface area contributed by atoms with Crippen LogP contribution in [-0.2, 0) is 14.4 Å². The van der Waals surface area contributed by atoms with Gasteiger partial charge in [-0.25, -0.2) is 4.98 Å². The average molecular weight is 258 g/mol. The van der Waals surface area contributed by atoms with Crippen LogP contribution in [0.1, 0.15) is 0 Å². The number of amides is 2. The summed E-state index contributed by atoms with van der Waals surface area (Å²) in [4.78, 5) is 38.5. The normalized spacial score (nSPS) is 9.26. The van der Waals surface area contributed by atoms with Gasteiger partial charge in [0.1, 0.15) is 0 Å². The largest absolute Gasteiger partial charge is 0.319 e. The van der Waals surface area contributed by atoms with Crippen molar-refractivity contribution in [3.05, 3.63) is 43.6 Å². The molecule has 1 rings (SSSR count). The van der Waals surface area contributed by atoms with Gasteiger partial charge in [-0.15, -0.1) is 0 Å². The minimum Gasteiger partial charge on any atom is -0.319 e. The van der Waals surface area contributed by atoms with Crippen molar-refractivity contribution >= 4 is 29.6 Å². The lowest BCUT2D eigenvalue weighted by atomic mass is 10.3. The lowest BCUT2D eigenvalue weighted by molar-refractivity contribution is -0.114. The molecule has 6 nitrogen and oxygen atoms in total. The second-order valence-corrected chi connectivity index (χ2v) is 3.34. The molecule has 0 aliphatic rings. The van der Waals surface area contributed by atoms with Gasteiger partial charge in [0.05, 0.1) is 12.2 Å². The number of carbonyl (C=O) groups is 2. The summed E-state index contributed by atoms with van der Waals surface area (Å²) in [6.45, 7) is 6.36. The predicted molar refractivity (Wildman–Crippen MR) is 71.3 cm³/mol. The predicted octanol–water partition coefficient (Wildman–Crippen LogP) is 0.835. The van der Waals surface area contributed by atoms with E-state index in [2.05, 4.69) is 23.5 Å². The van der Waals surface area contributed by atoms with Gasteiger partial charge in [-0.05, 0) is 24.3 Å². The molecule has 6 heteroatoms. The number of carbonyl (C=O) groups excluding carboxylic acids is 3. The highest BCUT2D eigenvalue weighted by Crippen LogP contribution is 2.22. The standard InChI is InChI=1S/C13H12N3O3/c1-3-11(18)15-10-6-5-7-14-13(10)16(8-9-17)12(19)4-2/h3-7H,1-2,8H2,(H,15,18). The fourth-order valence-electron chi connectivity index (χ4n) is 1.33. The highest BCUT2D eigenvalue weighted by atomic mass is 16.2. The van der Waals surface area contributed by atoms with Gasteiger partial charge < -0.3 is 5.32 Å². The maximum Gasteiger partial charge on any atom is 0.252 e. The lowest BCUT2D eigenvalue weighted by Gasteiger charge is -2.19. The number of rotatable bonds is 6. The molecule has 0 aliphatic heterocycles. The smallest absolute Gasteiger partial charge is 0.252 e. The fraction of sp³-hybridized carbons (Fsp3) is 0.0769. The van der Waals surface area contributed by atoms with Crippen molar-refractivity contribution in [2.24, 2.45) is 0 Å². The van der Waals surface area contributed by atoms with Crippen LogP contribution >= 0.6 is 0 Å². The number of aromatic nitrogens is 1. The van der Waals surface area contributed by atoms with Gasteiger partial charge in [0, 0.05) is 6.20 Å². The van der Waals surface area contributed by atoms with Crippen molar-refractivity contribution in [1.82, 2.24) is 4.98 Å². The first-order chi connectivity index (χ1) is 9.13. The third kappa shape index (κ3) is 3.60. The Morgan fingerprint density at radius 3 is 2.74 bits per heavy atom. The van der Waals surface area contributed by atoms with E-state index in [0.717, 1.165) is 17.1 Å². The molecule has 0 bridgehead atoms. The minimum absolute atomic E-state index is 0.144. The molecule has 97 valence electrons. The molecule has 1 aromatic heterocycles. The Labute approximate surface area is 110 Å². The van der Waals surface area contributed by atoms with Gasteiger partial charge >= 0.3 is 0 Å². The lowest BCUT2D eigenvalue weighted by Crippen LogP contribution is -2.32. The van der Waals surface area contributed by atoms with Crippen LogP contribution in [-0.4, -0.2) is 29.6 Å². The van der Waals surface area contributed by atoms with Crippen molar-refractivity contribution in [3.8, 4) is 0 Å². The Hall–Kier alpha value is -2.76. The molecule has 0 unspecified atom stereocenters. The van der Waals surface area contributed by atoms with Gasteiger partial charge in [0.2, 0.25) is 12.2 Å². The fourth-order valence-corrected chi connectivity index (χ4v) is 1.33. The van der Waals surface area contributed by atoms with Crippen molar-refractivity contribution < 1.29 is 14.4 Å². The first-order valence-corrected chi connectivity index (χ1v) is 5.31. The molecule has 0 atom stereocenters. The van der Waals surface area contributed by atoms with Crippen molar-refractivity contribution in [1.29, 1.82) is 0 Å². The first-order valence-electron chi connectivity index (χ1n) is 5.31. The Bertz CT molecular complexity index is 526. The van der Waals surface area contributed by atoms with E-state index in [9.17, 15) is 14.4 Å². The molecule has 0 aliphatic carbocycles. The summed E-state index contributed by atoms with van der Waals surface area (Å²) in [6, 6.07) is 3.14. The van der Waals surface area contributed by atoms with Crippen LogP contribution in [0, 0.1) is 0 Å². The van der Waals surface area contributed by atoms with Gasteiger partial charge in [0.15, 0.2) is 5.82 Å². The summed E-state index contributed by atoms with van der Waals surface area (Å²) in [5.74, 6) is -0.822. The van der Waals surface area contributed by atoms with Crippen LogP contribution in [0.4, 0.5) is 11.5 Å². The summed E-state index contributed by atoms with van der Waals surface area (Å²) in [7, 11) is 0. The maximum atomic E-state index is 11.7. The first kappa shape index (κ1) is 14.3. The Kier molecular flexibility index (Phi) is 5.16. The van der Waals surface area contributed by atoms with Gasteiger partial charge in [-0.1, -0.05) is 13.2 Å². The van der Waals surface area contributed by atoms with Crippen LogP contribution < -0.4 is 10.2 Å². The summed E-state index contributed by atoms with van der Waals surface area (Å²) < 4.78 is 0. The maximum absolute atomic E-state index is 11.7. The molecular weight excluding hydrogens is 246 g/mol. The summed E-state index contributed by atoms with van der Waals surface area (Å²) in [5, 5.41) is 2.50. The van der Waals surface area contributed by atoms with E-state index in [1.807, 2.05) is 0 Å². The molecule has 1 radical (unpaired) electrons. The second-order valence-electron chi connectivity index (χ2n) is 3.34. The van der Waals surface area contributed by atoms with Crippen LogP contribution in [0.25, 0.3) is 0 Å². The minimum atomic E-state index is -0.517. The Balaban J connectivity index is 3.18. The highest BCUT2D eigenvalue weighted by Gasteiger charge is 2.18. The number of anilines is 2. The van der Waals surface area contributed by atoms with E-state index >= 15 is 0 Å². The molecule has 19 heavy (non-hydrogen) atoms. The quantitative estimate of drug-likeness (QED) is 0.767. The molecule has 0 saturated heterocycles. The van der Waals surface area contributed by atoms with Crippen LogP contribution in [0.3, 0.4) is 0 Å². The Morgan fingerprint density at radius 2 is 2.16 bits per heavy atom. The third-order valence-electron chi connectivity index (χ3n) is 2.15. The Morgan fingerprint density at radius 1 is 1.42 bits per heavy atom. The number of pyridine rings is 1. The van der Waals surface area contributed by atoms with Crippen molar-refractivity contribution in [3.63, 3.8) is 0 Å². The molecule has 1 heterocycles. The van der Waals surface area contributed by atoms with Crippen LogP contribution in [0.2, 0.25) is 0 Å². The molecule has 0 spiro atoms. The zero-order valence-corrected chi connectivity index (χ0v) is 10.1. The van der Waals surface area contributed by atoms with E-state index in [1.54, 1.807) is 18.4 Å². The molecule has 0 fully saturated rings. The van der Waals surface area contributed by atoms with Gasteiger partial charge in [-0.3, -0.25) is 19.3 Å². The highest BCUT2D eigenvalue weighted by molar-refractivity contribution is 6.07. The molecule has 1 N–H and O–H groups in total. The van der Waals surface area contributed by atoms with Crippen molar-refractivity contribution in [2.75, 3.05) is 16.8 Å². The van der Waals surface area contributed by atoms with Crippen molar-refractivity contribution in [2.45, 2.75) is 0 Å². The average Bonchev–Trinajstić information content (AvgIpc) is 2.44. The molecule has 0 saturated carbocycles. The molecule has 2 amide bonds. The van der Waals surface area contributed by atoms with Gasteiger partial charge in [-0.2, -0.15) is 0 Å². The number of nitrogens with one attached hydrogen (secondary N) is 1. The monoisotopic (exact) mass is 258 g/mol. The topological polar surface area (TPSA) is 79.4 Å². The number of nitrogens with zero attached hydrogens (tertiary/aromatic N) is 2. The molecule has 1 aromatic rings. The summed E-state index contributed by atoms with van der Waals surface area (Å²) in [5.41, 5.74) is 0.290. The SMILES string of the molecule is C=CC(=O)Nc1cccnc1N(C[C]=O)C(=O)C=C. The zero-order valence-electron chi connectivity index (χ0n) is 10.1. The van der Waals surface area contributed by atoms with E-state index in [-0.39, 0.29) is 18.1 Å². The zero-order chi connectivity index (χ0) is 14.3. The summed E-state index contributed by atoms with van der Waals surface area (Å²) >= 11 is 0. The van der Waals surface area contributed by atoms with E-state index in [1.165, 1.54) is 6.20 Å². The second kappa shape index (κ2) is 6.85. The van der Waals surface area contributed by atoms with E-state index in [4.69, 9.17) is 0 Å². The summed E-state index contributed by atoms with van der Waals surface area (Å²) in [6.07, 6.45) is 5.18. The number of hydrogen-bond donors (Lipinski definition) is 1. The van der Waals surface area contributed by atoms with Crippen LogP contribution in [0.5, 0.6) is 0 Å². The van der Waals surface area contributed by atoms with Crippen LogP contribution in [0.15, 0.2) is 43.6 Å². The van der Waals surface area contributed by atoms with Gasteiger partial charge in [0.25, 0.3) is 5.91 Å². The molecule has 0 aromatic carbocycles. The third-order valence-corrected chi connectivity index (χ3v) is 2.15. The van der Waals surface area contributed by atoms with E-state index in [0.29, 0.717) is 0 Å². The van der Waals surface area contributed by atoms with E-state index < -0.39 is 11.8 Å². The number of hydrogen-bond acceptors (Lipinski definition) is 4. The molecular formula is C13H12N3O3.